The highest BCUT2D eigenvalue weighted by Gasteiger charge is 2.24. The Morgan fingerprint density at radius 2 is 2.07 bits per heavy atom. The van der Waals surface area contributed by atoms with Crippen molar-refractivity contribution in [2.75, 3.05) is 46.5 Å². The Morgan fingerprint density at radius 3 is 2.76 bits per heavy atom. The smallest absolute Gasteiger partial charge is 0.191 e. The molecule has 6 nitrogen and oxygen atoms in total. The average Bonchev–Trinajstić information content (AvgIpc) is 3.19. The van der Waals surface area contributed by atoms with Crippen LogP contribution in [0, 0.1) is 6.92 Å². The number of benzene rings is 1. The maximum Gasteiger partial charge on any atom is 0.191 e. The molecule has 1 fully saturated rings. The number of nitrogens with one attached hydrogen (secondary N) is 2. The molecule has 29 heavy (non-hydrogen) atoms. The third-order valence-electron chi connectivity index (χ3n) is 4.94. The number of methoxy groups -OCH3 is 1. The minimum absolute atomic E-state index is 0.318. The van der Waals surface area contributed by atoms with E-state index in [4.69, 9.17) is 14.5 Å². The van der Waals surface area contributed by atoms with Crippen molar-refractivity contribution >= 4 is 17.3 Å². The lowest BCUT2D eigenvalue weighted by atomic mass is 10.2. The second-order valence-electron chi connectivity index (χ2n) is 7.04. The number of hydrogen-bond acceptors (Lipinski definition) is 5. The van der Waals surface area contributed by atoms with Crippen molar-refractivity contribution in [2.24, 2.45) is 4.99 Å². The van der Waals surface area contributed by atoms with Gasteiger partial charge in [-0.05, 0) is 43.7 Å². The summed E-state index contributed by atoms with van der Waals surface area (Å²) in [6.07, 6.45) is 0. The lowest BCUT2D eigenvalue weighted by Gasteiger charge is -2.34. The normalized spacial score (nSPS) is 16.4. The first kappa shape index (κ1) is 21.6. The van der Waals surface area contributed by atoms with Crippen molar-refractivity contribution in [3.63, 3.8) is 0 Å². The van der Waals surface area contributed by atoms with E-state index >= 15 is 0 Å². The Labute approximate surface area is 177 Å². The predicted octanol–water partition coefficient (Wildman–Crippen LogP) is 3.19. The summed E-state index contributed by atoms with van der Waals surface area (Å²) >= 11 is 1.87. The summed E-state index contributed by atoms with van der Waals surface area (Å²) in [7, 11) is 1.69. The zero-order valence-electron chi connectivity index (χ0n) is 17.6. The number of aryl methyl sites for hydroxylation is 1. The molecule has 1 aromatic carbocycles. The highest BCUT2D eigenvalue weighted by molar-refractivity contribution is 7.12. The van der Waals surface area contributed by atoms with Crippen molar-refractivity contribution < 1.29 is 9.47 Å². The maximum atomic E-state index is 5.56. The molecule has 1 atom stereocenters. The molecule has 2 aromatic rings. The molecule has 0 saturated carbocycles. The summed E-state index contributed by atoms with van der Waals surface area (Å²) in [6.45, 7) is 10.0. The molecule has 7 heteroatoms. The van der Waals surface area contributed by atoms with Crippen molar-refractivity contribution in [3.8, 4) is 5.75 Å². The minimum atomic E-state index is 0.318. The third-order valence-corrected chi connectivity index (χ3v) is 6.04. The first-order valence-corrected chi connectivity index (χ1v) is 11.0. The first-order chi connectivity index (χ1) is 14.2. The summed E-state index contributed by atoms with van der Waals surface area (Å²) in [5.41, 5.74) is 1.13. The lowest BCUT2D eigenvalue weighted by molar-refractivity contribution is 0.0177. The van der Waals surface area contributed by atoms with Crippen LogP contribution in [0.25, 0.3) is 0 Å². The molecule has 1 aromatic heterocycles. The monoisotopic (exact) mass is 416 g/mol. The Bertz CT molecular complexity index is 787. The van der Waals surface area contributed by atoms with E-state index in [0.717, 1.165) is 56.7 Å². The fraction of sp³-hybridized carbons (Fsp3) is 0.500. The van der Waals surface area contributed by atoms with Crippen molar-refractivity contribution in [1.82, 2.24) is 15.5 Å². The number of thiophene rings is 1. The van der Waals surface area contributed by atoms with E-state index in [2.05, 4.69) is 47.6 Å². The van der Waals surface area contributed by atoms with Gasteiger partial charge >= 0.3 is 0 Å². The molecule has 1 saturated heterocycles. The average molecular weight is 417 g/mol. The van der Waals surface area contributed by atoms with Gasteiger partial charge in [-0.25, -0.2) is 4.99 Å². The van der Waals surface area contributed by atoms with E-state index in [1.807, 2.05) is 29.5 Å². The number of guanidine groups is 1. The van der Waals surface area contributed by atoms with Gasteiger partial charge in [0.05, 0.1) is 32.9 Å². The fourth-order valence-electron chi connectivity index (χ4n) is 3.41. The van der Waals surface area contributed by atoms with Gasteiger partial charge in [0.15, 0.2) is 5.96 Å². The Balaban J connectivity index is 1.68. The molecule has 0 amide bonds. The number of rotatable bonds is 8. The van der Waals surface area contributed by atoms with Gasteiger partial charge in [0.25, 0.3) is 0 Å². The van der Waals surface area contributed by atoms with Crippen LogP contribution in [0.2, 0.25) is 0 Å². The molecule has 3 rings (SSSR count). The van der Waals surface area contributed by atoms with E-state index in [9.17, 15) is 0 Å². The van der Waals surface area contributed by atoms with Crippen LogP contribution in [0.3, 0.4) is 0 Å². The van der Waals surface area contributed by atoms with Gasteiger partial charge in [-0.3, -0.25) is 4.90 Å². The number of nitrogens with zero attached hydrogens (tertiary/aromatic N) is 2. The summed E-state index contributed by atoms with van der Waals surface area (Å²) in [5, 5.41) is 6.92. The van der Waals surface area contributed by atoms with E-state index in [1.165, 1.54) is 9.75 Å². The number of ether oxygens (including phenoxy) is 2. The first-order valence-electron chi connectivity index (χ1n) is 10.2. The minimum Gasteiger partial charge on any atom is -0.497 e. The quantitative estimate of drug-likeness (QED) is 0.511. The van der Waals surface area contributed by atoms with E-state index in [-0.39, 0.29) is 0 Å². The number of hydrogen-bond donors (Lipinski definition) is 2. The van der Waals surface area contributed by atoms with Crippen LogP contribution >= 0.6 is 11.3 Å². The third kappa shape index (κ3) is 6.45. The standard InChI is InChI=1S/C22H32N4O2S/c1-4-23-22(24-15-18-6-5-7-19(14-18)27-3)25-16-20(21-9-8-17(2)29-21)26-10-12-28-13-11-26/h5-9,14,20H,4,10-13,15-16H2,1-3H3,(H2,23,24,25). The summed E-state index contributed by atoms with van der Waals surface area (Å²) in [6, 6.07) is 12.8. The van der Waals surface area contributed by atoms with Crippen molar-refractivity contribution in [1.29, 1.82) is 0 Å². The molecule has 1 aliphatic rings. The van der Waals surface area contributed by atoms with Crippen LogP contribution < -0.4 is 15.4 Å². The maximum absolute atomic E-state index is 5.56. The van der Waals surface area contributed by atoms with Gasteiger partial charge in [-0.2, -0.15) is 0 Å². The number of morpholine rings is 1. The molecule has 0 spiro atoms. The lowest BCUT2D eigenvalue weighted by Crippen LogP contribution is -2.46. The second-order valence-corrected chi connectivity index (χ2v) is 8.36. The zero-order chi connectivity index (χ0) is 20.5. The molecule has 0 bridgehead atoms. The molecule has 0 radical (unpaired) electrons. The Hall–Kier alpha value is -2.09. The molecular formula is C22H32N4O2S. The molecule has 2 heterocycles. The van der Waals surface area contributed by atoms with Crippen LogP contribution in [-0.2, 0) is 11.3 Å². The summed E-state index contributed by atoms with van der Waals surface area (Å²) in [5.74, 6) is 1.69. The van der Waals surface area contributed by atoms with E-state index < -0.39 is 0 Å². The largest absolute Gasteiger partial charge is 0.497 e. The van der Waals surface area contributed by atoms with Crippen molar-refractivity contribution in [3.05, 3.63) is 51.7 Å². The van der Waals surface area contributed by atoms with Crippen LogP contribution in [0.4, 0.5) is 0 Å². The van der Waals surface area contributed by atoms with Crippen LogP contribution in [0.15, 0.2) is 41.4 Å². The Kier molecular flexibility index (Phi) is 8.34. The predicted molar refractivity (Wildman–Crippen MR) is 120 cm³/mol. The number of aliphatic imine (C=N–C) groups is 1. The summed E-state index contributed by atoms with van der Waals surface area (Å²) in [4.78, 5) is 10.0. The molecule has 158 valence electrons. The molecular weight excluding hydrogens is 384 g/mol. The van der Waals surface area contributed by atoms with Crippen LogP contribution in [0.5, 0.6) is 5.75 Å². The van der Waals surface area contributed by atoms with Gasteiger partial charge in [0.2, 0.25) is 0 Å². The van der Waals surface area contributed by atoms with Crippen LogP contribution in [0.1, 0.15) is 28.3 Å². The molecule has 1 unspecified atom stereocenters. The zero-order valence-corrected chi connectivity index (χ0v) is 18.4. The van der Waals surface area contributed by atoms with E-state index in [0.29, 0.717) is 12.6 Å². The van der Waals surface area contributed by atoms with Gasteiger partial charge < -0.3 is 20.1 Å². The second kappa shape index (κ2) is 11.2. The molecule has 1 aliphatic heterocycles. The molecule has 2 N–H and O–H groups in total. The summed E-state index contributed by atoms with van der Waals surface area (Å²) < 4.78 is 10.9. The molecule has 0 aliphatic carbocycles. The van der Waals surface area contributed by atoms with Gasteiger partial charge in [-0.1, -0.05) is 12.1 Å². The highest BCUT2D eigenvalue weighted by atomic mass is 32.1. The highest BCUT2D eigenvalue weighted by Crippen LogP contribution is 2.27. The van der Waals surface area contributed by atoms with Crippen LogP contribution in [-0.4, -0.2) is 57.4 Å². The van der Waals surface area contributed by atoms with Crippen molar-refractivity contribution in [2.45, 2.75) is 26.4 Å². The SMILES string of the molecule is CCNC(=NCc1cccc(OC)c1)NCC(c1ccc(C)s1)N1CCOCC1. The van der Waals surface area contributed by atoms with Gasteiger partial charge in [-0.15, -0.1) is 11.3 Å². The fourth-order valence-corrected chi connectivity index (χ4v) is 4.42. The van der Waals surface area contributed by atoms with Gasteiger partial charge in [0.1, 0.15) is 5.75 Å². The topological polar surface area (TPSA) is 58.1 Å². The van der Waals surface area contributed by atoms with Gasteiger partial charge in [0, 0.05) is 35.9 Å². The Morgan fingerprint density at radius 1 is 1.24 bits per heavy atom. The van der Waals surface area contributed by atoms with E-state index in [1.54, 1.807) is 7.11 Å².